The first-order chi connectivity index (χ1) is 25.6. The quantitative estimate of drug-likeness (QED) is 0.0570. The van der Waals surface area contributed by atoms with Gasteiger partial charge in [-0.15, -0.1) is 0 Å². The summed E-state index contributed by atoms with van der Waals surface area (Å²) >= 11 is 0. The predicted molar refractivity (Wildman–Crippen MR) is 190 cm³/mol. The number of likely N-dealkylation sites (tertiary alicyclic amines) is 2. The van der Waals surface area contributed by atoms with Crippen LogP contribution in [0.3, 0.4) is 0 Å². The van der Waals surface area contributed by atoms with Gasteiger partial charge in [0.25, 0.3) is 0 Å². The van der Waals surface area contributed by atoms with E-state index in [0.717, 1.165) is 9.80 Å². The van der Waals surface area contributed by atoms with E-state index in [1.807, 2.05) is 0 Å². The van der Waals surface area contributed by atoms with Gasteiger partial charge in [0.2, 0.25) is 41.4 Å². The molecule has 0 aromatic heterocycles. The number of hydrogen-bond acceptors (Lipinski definition) is 11. The minimum absolute atomic E-state index is 0.00509. The summed E-state index contributed by atoms with van der Waals surface area (Å²) in [6.07, 6.45) is -1.62. The van der Waals surface area contributed by atoms with Crippen molar-refractivity contribution in [2.24, 2.45) is 23.3 Å². The van der Waals surface area contributed by atoms with Crippen LogP contribution >= 0.6 is 0 Å². The monoisotopic (exact) mass is 782 g/mol. The van der Waals surface area contributed by atoms with Crippen LogP contribution in [0.4, 0.5) is 0 Å². The van der Waals surface area contributed by atoms with E-state index in [1.165, 1.54) is 0 Å². The number of carbonyl (C=O) groups excluding carboxylic acids is 7. The lowest BCUT2D eigenvalue weighted by Crippen LogP contribution is -2.60. The fourth-order valence-electron chi connectivity index (χ4n) is 6.39. The number of rotatable bonds is 21. The summed E-state index contributed by atoms with van der Waals surface area (Å²) in [5.74, 6) is -10.9. The van der Waals surface area contributed by atoms with Gasteiger partial charge in [0, 0.05) is 19.5 Å². The fourth-order valence-corrected chi connectivity index (χ4v) is 6.39. The second-order valence-corrected chi connectivity index (χ2v) is 14.6. The third kappa shape index (κ3) is 13.8. The maximum Gasteiger partial charge on any atom is 0.326 e. The van der Waals surface area contributed by atoms with Gasteiger partial charge in [0.1, 0.15) is 36.3 Å². The molecule has 21 nitrogen and oxygen atoms in total. The Kier molecular flexibility index (Phi) is 17.4. The van der Waals surface area contributed by atoms with Gasteiger partial charge >= 0.3 is 17.9 Å². The summed E-state index contributed by atoms with van der Waals surface area (Å²) in [4.78, 5) is 129. The molecule has 0 aromatic carbocycles. The smallest absolute Gasteiger partial charge is 0.326 e. The number of aliphatic carboxylic acids is 3. The van der Waals surface area contributed by atoms with Crippen LogP contribution in [0.15, 0.2) is 0 Å². The van der Waals surface area contributed by atoms with Gasteiger partial charge in [-0.3, -0.25) is 43.2 Å². The van der Waals surface area contributed by atoms with E-state index in [2.05, 4.69) is 21.3 Å². The molecule has 2 rings (SSSR count). The van der Waals surface area contributed by atoms with E-state index in [4.69, 9.17) is 11.5 Å². The molecule has 0 aromatic rings. The molecular formula is C34H54N8O13. The molecule has 0 unspecified atom stereocenters. The average Bonchev–Trinajstić information content (AvgIpc) is 3.78. The van der Waals surface area contributed by atoms with E-state index in [1.54, 1.807) is 27.7 Å². The van der Waals surface area contributed by atoms with Crippen molar-refractivity contribution in [2.75, 3.05) is 13.1 Å². The third-order valence-corrected chi connectivity index (χ3v) is 9.31. The van der Waals surface area contributed by atoms with E-state index in [0.29, 0.717) is 12.8 Å². The van der Waals surface area contributed by atoms with E-state index >= 15 is 0 Å². The van der Waals surface area contributed by atoms with Gasteiger partial charge in [-0.1, -0.05) is 27.7 Å². The van der Waals surface area contributed by atoms with E-state index in [9.17, 15) is 63.3 Å². The normalized spacial score (nSPS) is 19.5. The van der Waals surface area contributed by atoms with Crippen molar-refractivity contribution in [1.82, 2.24) is 31.1 Å². The van der Waals surface area contributed by atoms with Crippen LogP contribution in [0.2, 0.25) is 0 Å². The molecule has 308 valence electrons. The zero-order valence-corrected chi connectivity index (χ0v) is 31.4. The summed E-state index contributed by atoms with van der Waals surface area (Å²) < 4.78 is 0. The molecule has 2 fully saturated rings. The second-order valence-electron chi connectivity index (χ2n) is 14.6. The van der Waals surface area contributed by atoms with Gasteiger partial charge in [-0.25, -0.2) is 4.79 Å². The van der Waals surface area contributed by atoms with Crippen molar-refractivity contribution < 1.29 is 63.3 Å². The van der Waals surface area contributed by atoms with Crippen LogP contribution in [0, 0.1) is 11.8 Å². The highest BCUT2D eigenvalue weighted by atomic mass is 16.4. The highest BCUT2D eigenvalue weighted by molar-refractivity contribution is 5.99. The van der Waals surface area contributed by atoms with Crippen molar-refractivity contribution in [3.05, 3.63) is 0 Å². The molecule has 2 aliphatic heterocycles. The summed E-state index contributed by atoms with van der Waals surface area (Å²) in [7, 11) is 0. The third-order valence-electron chi connectivity index (χ3n) is 9.31. The van der Waals surface area contributed by atoms with Crippen LogP contribution in [0.1, 0.15) is 85.5 Å². The Hall–Kier alpha value is -5.34. The fraction of sp³-hybridized carbons (Fsp3) is 0.706. The average molecular weight is 783 g/mol. The topological polar surface area (TPSA) is 338 Å². The van der Waals surface area contributed by atoms with Crippen molar-refractivity contribution in [3.63, 3.8) is 0 Å². The molecule has 7 atom stereocenters. The lowest BCUT2D eigenvalue weighted by molar-refractivity contribution is -0.150. The molecule has 11 N–H and O–H groups in total. The number of nitrogens with zero attached hydrogens (tertiary/aromatic N) is 2. The van der Waals surface area contributed by atoms with Gasteiger partial charge in [0.15, 0.2) is 0 Å². The highest BCUT2D eigenvalue weighted by Gasteiger charge is 2.42. The SMILES string of the molecule is CC(C)C[C@H](NC(=O)[C@H](CC(N)=O)NC(=O)[C@@H]1CCCN1C(=O)[C@H](CC(=O)O)NC(=O)[C@@H](N)C(C)C)C(=O)N[C@@H](CCC(=O)O)C(=O)N1CCC[C@H]1C(=O)O. The molecule has 0 saturated carbocycles. The molecule has 21 heteroatoms. The number of primary amides is 1. The molecule has 0 spiro atoms. The lowest BCUT2D eigenvalue weighted by Gasteiger charge is -2.31. The largest absolute Gasteiger partial charge is 0.481 e. The van der Waals surface area contributed by atoms with Gasteiger partial charge in [-0.05, 0) is 50.4 Å². The summed E-state index contributed by atoms with van der Waals surface area (Å²) in [6.45, 7) is 6.81. The minimum Gasteiger partial charge on any atom is -0.481 e. The summed E-state index contributed by atoms with van der Waals surface area (Å²) in [5, 5.41) is 37.9. The maximum atomic E-state index is 13.6. The van der Waals surface area contributed by atoms with Crippen molar-refractivity contribution >= 4 is 59.3 Å². The van der Waals surface area contributed by atoms with Crippen LogP contribution in [0.25, 0.3) is 0 Å². The Bertz CT molecular complexity index is 1490. The van der Waals surface area contributed by atoms with Crippen molar-refractivity contribution in [3.8, 4) is 0 Å². The van der Waals surface area contributed by atoms with E-state index in [-0.39, 0.29) is 50.6 Å². The number of hydrogen-bond donors (Lipinski definition) is 9. The first-order valence-electron chi connectivity index (χ1n) is 18.2. The first-order valence-corrected chi connectivity index (χ1v) is 18.2. The molecule has 0 aliphatic carbocycles. The molecule has 2 saturated heterocycles. The zero-order valence-electron chi connectivity index (χ0n) is 31.4. The van der Waals surface area contributed by atoms with Gasteiger partial charge in [0.05, 0.1) is 18.9 Å². The summed E-state index contributed by atoms with van der Waals surface area (Å²) in [6, 6.07) is -9.57. The second kappa shape index (κ2) is 20.9. The van der Waals surface area contributed by atoms with E-state index < -0.39 is 121 Å². The standard InChI is InChI=1S/C34H54N8O13/c1-16(2)13-19(28(48)37-18(9-10-25(44)45)32(52)42-12-6-8-23(42)34(54)55)38-29(49)20(14-24(35)43)39-30(50)22-7-5-11-41(22)33(53)21(15-26(46)47)40-31(51)27(36)17(3)4/h16-23,27H,5-15,36H2,1-4H3,(H2,35,43)(H,37,48)(H,38,49)(H,39,50)(H,40,51)(H,44,45)(H,46,47)(H,54,55)/t18-,19-,20-,21-,22-,23-,27-/m0/s1. The molecule has 2 heterocycles. The Morgan fingerprint density at radius 2 is 1.16 bits per heavy atom. The predicted octanol–water partition coefficient (Wildman–Crippen LogP) is -2.76. The van der Waals surface area contributed by atoms with Crippen molar-refractivity contribution in [1.29, 1.82) is 0 Å². The number of nitrogens with two attached hydrogens (primary N) is 2. The molecule has 2 aliphatic rings. The van der Waals surface area contributed by atoms with Gasteiger partial charge < -0.3 is 57.9 Å². The number of carboxylic acid groups (broad SMARTS) is 3. The number of amides is 7. The molecular weight excluding hydrogens is 728 g/mol. The van der Waals surface area contributed by atoms with Crippen LogP contribution in [-0.2, 0) is 47.9 Å². The zero-order chi connectivity index (χ0) is 41.7. The Labute approximate surface area is 317 Å². The van der Waals surface area contributed by atoms with Crippen LogP contribution in [0.5, 0.6) is 0 Å². The Balaban J connectivity index is 2.29. The lowest BCUT2D eigenvalue weighted by atomic mass is 10.0. The minimum atomic E-state index is -1.67. The maximum absolute atomic E-state index is 13.6. The Morgan fingerprint density at radius 3 is 1.67 bits per heavy atom. The van der Waals surface area contributed by atoms with Crippen molar-refractivity contribution in [2.45, 2.75) is 128 Å². The highest BCUT2D eigenvalue weighted by Crippen LogP contribution is 2.22. The molecule has 0 radical (unpaired) electrons. The summed E-state index contributed by atoms with van der Waals surface area (Å²) in [5.41, 5.74) is 11.2. The number of nitrogens with one attached hydrogen (secondary N) is 4. The molecule has 55 heavy (non-hydrogen) atoms. The van der Waals surface area contributed by atoms with Crippen LogP contribution < -0.4 is 32.7 Å². The van der Waals surface area contributed by atoms with Gasteiger partial charge in [-0.2, -0.15) is 0 Å². The Morgan fingerprint density at radius 1 is 0.655 bits per heavy atom. The molecule has 7 amide bonds. The molecule has 0 bridgehead atoms. The first kappa shape index (κ1) is 45.8. The number of carboxylic acids is 3. The number of carbonyl (C=O) groups is 10. The van der Waals surface area contributed by atoms with Crippen LogP contribution in [-0.4, -0.2) is 140 Å².